The van der Waals surface area contributed by atoms with E-state index in [1.807, 2.05) is 62.3 Å². The number of aryl methyl sites for hydroxylation is 6. The largest absolute Gasteiger partial charge is 0.344 e. The fourth-order valence-corrected chi connectivity index (χ4v) is 19.3. The summed E-state index contributed by atoms with van der Waals surface area (Å²) >= 11 is 0. The highest BCUT2D eigenvalue weighted by Crippen LogP contribution is 2.52. The van der Waals surface area contributed by atoms with E-state index in [-0.39, 0.29) is 48.7 Å². The molecular weight excluding hydrogens is 1500 g/mol. The van der Waals surface area contributed by atoms with Crippen LogP contribution < -0.4 is 14.7 Å². The lowest BCUT2D eigenvalue weighted by Gasteiger charge is -2.27. The molecule has 0 N–H and O–H groups in total. The Labute approximate surface area is 744 Å². The van der Waals surface area contributed by atoms with E-state index in [2.05, 4.69) is 375 Å². The van der Waals surface area contributed by atoms with Crippen molar-refractivity contribution in [2.75, 3.05) is 55.5 Å². The minimum atomic E-state index is -0.240. The van der Waals surface area contributed by atoms with Crippen molar-refractivity contribution in [2.24, 2.45) is 16.2 Å². The van der Waals surface area contributed by atoms with Gasteiger partial charge in [0.1, 0.15) is 38.5 Å². The van der Waals surface area contributed by atoms with Crippen molar-refractivity contribution < 1.29 is 28.1 Å². The molecule has 6 aromatic rings. The van der Waals surface area contributed by atoms with E-state index in [4.69, 9.17) is 0 Å². The monoisotopic (exact) mass is 1650 g/mol. The number of rotatable bonds is 27. The molecule has 6 aromatic carbocycles. The Bertz CT molecular complexity index is 5370. The number of Topliss-reactive ketones (excluding diaryl/α,β-unsaturated/α-hetero) is 3. The molecule has 12 rings (SSSR count). The van der Waals surface area contributed by atoms with Crippen LogP contribution in [0.4, 0.5) is 34.1 Å². The Hall–Kier alpha value is -9.60. The molecule has 123 heavy (non-hydrogen) atoms. The SMILES string of the molecule is Cc1ccc2c(c1)C(C)(C)C(/C=C/C=C/C=C/C=C1\N(CCCCCC(=O)C(C)(C)C)c3ccc(C)cc3C1(C)C)=[N+]2C.Cc1ccc2c(c1)C(C)(C)C(/C=C/C=C/C=C1\N(CCCCCC(=O)C(C)(C)C)c3ccc(C)cc3C1(C)C)=[N+]2C.Cc1ccc2c(c1)C(C)(C)C(/C=C/C=C1\N(CCCCCC(=O)C(C)(C)C)c3ccc(C)cc3C1(C)C)=[N+]2C. The molecule has 0 saturated carbocycles. The van der Waals surface area contributed by atoms with Crippen molar-refractivity contribution in [1.82, 2.24) is 0 Å². The summed E-state index contributed by atoms with van der Waals surface area (Å²) in [6, 6.07) is 40.9. The van der Waals surface area contributed by atoms with Crippen molar-refractivity contribution in [3.63, 3.8) is 0 Å². The summed E-state index contributed by atoms with van der Waals surface area (Å²) in [4.78, 5) is 44.6. The highest BCUT2D eigenvalue weighted by Gasteiger charge is 2.48. The van der Waals surface area contributed by atoms with Gasteiger partial charge in [0.25, 0.3) is 0 Å². The van der Waals surface area contributed by atoms with Gasteiger partial charge in [0.15, 0.2) is 17.1 Å². The average Bonchev–Trinajstić information content (AvgIpc) is 1.64. The van der Waals surface area contributed by atoms with Crippen molar-refractivity contribution in [1.29, 1.82) is 0 Å². The number of benzene rings is 6. The van der Waals surface area contributed by atoms with Crippen LogP contribution in [0.15, 0.2) is 217 Å². The van der Waals surface area contributed by atoms with E-state index in [0.29, 0.717) is 36.6 Å². The normalized spacial score (nSPS) is 18.7. The highest BCUT2D eigenvalue weighted by atomic mass is 16.1. The van der Waals surface area contributed by atoms with E-state index < -0.39 is 0 Å². The number of hydrogen-bond donors (Lipinski definition) is 0. The van der Waals surface area contributed by atoms with Gasteiger partial charge in [0.2, 0.25) is 17.1 Å². The van der Waals surface area contributed by atoms with Crippen LogP contribution in [0.25, 0.3) is 0 Å². The molecule has 0 spiro atoms. The summed E-state index contributed by atoms with van der Waals surface area (Å²) in [5, 5.41) is 0. The zero-order chi connectivity index (χ0) is 90.5. The molecule has 9 heteroatoms. The first-order chi connectivity index (χ1) is 57.5. The van der Waals surface area contributed by atoms with E-state index in [1.165, 1.54) is 135 Å². The molecule has 6 aliphatic heterocycles. The van der Waals surface area contributed by atoms with Gasteiger partial charge in [-0.3, -0.25) is 14.4 Å². The number of nitrogens with zero attached hydrogens (tertiary/aromatic N) is 6. The van der Waals surface area contributed by atoms with Crippen LogP contribution in [-0.4, -0.2) is 89.0 Å². The first-order valence-electron chi connectivity index (χ1n) is 46.1. The number of hydrogen-bond acceptors (Lipinski definition) is 6. The van der Waals surface area contributed by atoms with Crippen LogP contribution in [-0.2, 0) is 46.9 Å². The second kappa shape index (κ2) is 38.1. The molecule has 654 valence electrons. The van der Waals surface area contributed by atoms with Crippen molar-refractivity contribution >= 4 is 68.6 Å². The second-order valence-corrected chi connectivity index (χ2v) is 42.5. The lowest BCUT2D eigenvalue weighted by Crippen LogP contribution is -2.27. The van der Waals surface area contributed by atoms with Crippen LogP contribution in [0.2, 0.25) is 0 Å². The van der Waals surface area contributed by atoms with E-state index in [9.17, 15) is 14.4 Å². The minimum Gasteiger partial charge on any atom is -0.344 e. The second-order valence-electron chi connectivity index (χ2n) is 42.5. The molecular formula is C114H153N6O3+3. The number of ketones is 3. The van der Waals surface area contributed by atoms with Crippen LogP contribution in [0.1, 0.15) is 289 Å². The standard InChI is InChI=1S/C40H53N2O.C38H51N2O.C36H49N2O/c1-29-22-24-33-31(27-29)39(6,7)35(41(33)10)19-15-12-11-13-16-20-36-40(8,9)32-28-30(2)23-25-34(32)42(36)26-18-14-17-21-37(43)38(3,4)5;1-27-20-22-31-29(25-27)37(6,7)33(39(31)10)17-13-11-14-18-34-38(8,9)30-26-28(2)21-23-32(30)40(34)24-16-12-15-19-35(41)36(3,4)5;1-25-18-20-29-27(23-25)35(6,7)31(37(29)10)15-14-16-32-36(8,9)28-24-26(2)19-21-30(28)38(32)22-13-11-12-17-33(39)34(3,4)5/h11-13,15-16,19-20,22-25,27-28H,14,17-18,21,26H2,1-10H3;11,13-14,17-18,20-23,25-26H,12,15-16,19,24H2,1-10H3;14-16,18-21,23-24H,11-13,17,22H2,1-10H3/q3*+1. The molecule has 0 unspecified atom stereocenters. The van der Waals surface area contributed by atoms with Gasteiger partial charge in [-0.25, -0.2) is 0 Å². The van der Waals surface area contributed by atoms with Crippen molar-refractivity contribution in [3.05, 3.63) is 284 Å². The number of unbranched alkanes of at least 4 members (excludes halogenated alkanes) is 6. The third-order valence-electron chi connectivity index (χ3n) is 27.3. The fraction of sp³-hybridized carbons (Fsp3) is 0.474. The fourth-order valence-electron chi connectivity index (χ4n) is 19.3. The molecule has 0 radical (unpaired) electrons. The number of fused-ring (bicyclic) bond motifs is 6. The Morgan fingerprint density at radius 1 is 0.285 bits per heavy atom. The molecule has 0 saturated heterocycles. The molecule has 6 aliphatic rings. The van der Waals surface area contributed by atoms with E-state index in [0.717, 1.165) is 77.4 Å². The van der Waals surface area contributed by atoms with E-state index >= 15 is 0 Å². The Kier molecular flexibility index (Phi) is 29.6. The maximum absolute atomic E-state index is 12.4. The molecule has 0 amide bonds. The van der Waals surface area contributed by atoms with E-state index in [1.54, 1.807) is 0 Å². The summed E-state index contributed by atoms with van der Waals surface area (Å²) in [6.07, 6.45) is 44.6. The maximum Gasteiger partial charge on any atom is 0.209 e. The summed E-state index contributed by atoms with van der Waals surface area (Å²) < 4.78 is 6.99. The highest BCUT2D eigenvalue weighted by molar-refractivity contribution is 6.05. The molecule has 6 heterocycles. The summed E-state index contributed by atoms with van der Waals surface area (Å²) in [5.41, 5.74) is 31.0. The average molecular weight is 1660 g/mol. The van der Waals surface area contributed by atoms with Crippen LogP contribution in [0.5, 0.6) is 0 Å². The topological polar surface area (TPSA) is 70.0 Å². The third-order valence-corrected chi connectivity index (χ3v) is 27.3. The number of anilines is 3. The lowest BCUT2D eigenvalue weighted by atomic mass is 9.80. The molecule has 0 aliphatic carbocycles. The van der Waals surface area contributed by atoms with Gasteiger partial charge in [0, 0.05) is 159 Å². The number of carbonyl (C=O) groups excluding carboxylic acids is 3. The van der Waals surface area contributed by atoms with Gasteiger partial charge < -0.3 is 14.7 Å². The third kappa shape index (κ3) is 21.2. The smallest absolute Gasteiger partial charge is 0.209 e. The zero-order valence-electron chi connectivity index (χ0n) is 81.6. The van der Waals surface area contributed by atoms with Gasteiger partial charge in [-0.1, -0.05) is 266 Å². The Morgan fingerprint density at radius 2 is 0.512 bits per heavy atom. The first-order valence-corrected chi connectivity index (χ1v) is 46.1. The predicted octanol–water partition coefficient (Wildman–Crippen LogP) is 27.8. The predicted molar refractivity (Wildman–Crippen MR) is 528 cm³/mol. The van der Waals surface area contributed by atoms with Gasteiger partial charge in [0.05, 0.1) is 16.2 Å². The van der Waals surface area contributed by atoms with Crippen LogP contribution >= 0.6 is 0 Å². The number of allylic oxidation sites excluding steroid dienone is 18. The summed E-state index contributed by atoms with van der Waals surface area (Å²) in [5.74, 6) is 1.09. The molecule has 0 aromatic heterocycles. The molecule has 0 atom stereocenters. The summed E-state index contributed by atoms with van der Waals surface area (Å²) in [6.45, 7) is 62.1. The van der Waals surface area contributed by atoms with Gasteiger partial charge in [-0.05, 0) is 193 Å². The molecule has 0 bridgehead atoms. The van der Waals surface area contributed by atoms with Crippen LogP contribution in [0.3, 0.4) is 0 Å². The van der Waals surface area contributed by atoms with Crippen molar-refractivity contribution in [3.8, 4) is 0 Å². The summed E-state index contributed by atoms with van der Waals surface area (Å²) in [7, 11) is 6.52. The maximum atomic E-state index is 12.4. The quantitative estimate of drug-likeness (QED) is 0.0291. The minimum absolute atomic E-state index is 0.0201. The Morgan fingerprint density at radius 3 is 0.789 bits per heavy atom. The van der Waals surface area contributed by atoms with Gasteiger partial charge in [-0.15, -0.1) is 0 Å². The Balaban J connectivity index is 0.000000193. The molecule has 9 nitrogen and oxygen atoms in total. The van der Waals surface area contributed by atoms with Crippen LogP contribution in [0, 0.1) is 57.8 Å². The van der Waals surface area contributed by atoms with Gasteiger partial charge in [-0.2, -0.15) is 13.7 Å². The van der Waals surface area contributed by atoms with Crippen molar-refractivity contribution in [2.45, 2.75) is 296 Å². The molecule has 0 fully saturated rings. The zero-order valence-corrected chi connectivity index (χ0v) is 81.6. The number of carbonyl (C=O) groups is 3. The first kappa shape index (κ1) is 95.6. The lowest BCUT2D eigenvalue weighted by molar-refractivity contribution is -0.401. The van der Waals surface area contributed by atoms with Gasteiger partial charge >= 0.3 is 0 Å².